The molecular weight excluding hydrogens is 183 g/mol. The molecule has 1 aliphatic heterocycles. The van der Waals surface area contributed by atoms with Crippen molar-refractivity contribution in [3.63, 3.8) is 0 Å². The summed E-state index contributed by atoms with van der Waals surface area (Å²) in [6.07, 6.45) is 1.80. The highest BCUT2D eigenvalue weighted by atomic mass is 19.1. The van der Waals surface area contributed by atoms with E-state index >= 15 is 0 Å². The third-order valence-electron chi connectivity index (χ3n) is 2.17. The molecule has 3 heteroatoms. The topological polar surface area (TPSA) is 29.5 Å². The van der Waals surface area contributed by atoms with Gasteiger partial charge in [0.15, 0.2) is 0 Å². The van der Waals surface area contributed by atoms with Crippen LogP contribution in [0.4, 0.5) is 4.39 Å². The third-order valence-corrected chi connectivity index (χ3v) is 2.17. The second kappa shape index (κ2) is 3.80. The SMILES string of the molecule is OC(C1=CCCO1)c1cccc(F)c1. The number of ether oxygens (including phenoxy) is 1. The molecule has 0 amide bonds. The van der Waals surface area contributed by atoms with Gasteiger partial charge in [0.2, 0.25) is 0 Å². The molecule has 1 atom stereocenters. The van der Waals surface area contributed by atoms with Gasteiger partial charge in [-0.1, -0.05) is 12.1 Å². The van der Waals surface area contributed by atoms with E-state index < -0.39 is 6.10 Å². The van der Waals surface area contributed by atoms with E-state index in [9.17, 15) is 9.50 Å². The largest absolute Gasteiger partial charge is 0.495 e. The Morgan fingerprint density at radius 1 is 1.43 bits per heavy atom. The minimum atomic E-state index is -0.840. The first-order valence-corrected chi connectivity index (χ1v) is 4.54. The molecule has 1 aromatic carbocycles. The van der Waals surface area contributed by atoms with Crippen LogP contribution < -0.4 is 0 Å². The molecular formula is C11H11FO2. The molecule has 0 saturated carbocycles. The van der Waals surface area contributed by atoms with E-state index in [2.05, 4.69) is 0 Å². The van der Waals surface area contributed by atoms with Crippen LogP contribution >= 0.6 is 0 Å². The Morgan fingerprint density at radius 2 is 2.29 bits per heavy atom. The number of rotatable bonds is 2. The molecule has 14 heavy (non-hydrogen) atoms. The number of benzene rings is 1. The average molecular weight is 194 g/mol. The molecule has 1 aliphatic rings. The van der Waals surface area contributed by atoms with E-state index in [0.29, 0.717) is 17.9 Å². The number of aliphatic hydroxyl groups is 1. The highest BCUT2D eigenvalue weighted by Gasteiger charge is 2.17. The van der Waals surface area contributed by atoms with Crippen molar-refractivity contribution in [1.82, 2.24) is 0 Å². The highest BCUT2D eigenvalue weighted by Crippen LogP contribution is 2.26. The Morgan fingerprint density at radius 3 is 2.93 bits per heavy atom. The molecule has 1 unspecified atom stereocenters. The summed E-state index contributed by atoms with van der Waals surface area (Å²) in [6, 6.07) is 5.91. The molecule has 74 valence electrons. The fraction of sp³-hybridized carbons (Fsp3) is 0.273. The fourth-order valence-corrected chi connectivity index (χ4v) is 1.47. The van der Waals surface area contributed by atoms with Crippen LogP contribution in [0.2, 0.25) is 0 Å². The van der Waals surface area contributed by atoms with Gasteiger partial charge in [-0.3, -0.25) is 0 Å². The Labute approximate surface area is 81.6 Å². The zero-order chi connectivity index (χ0) is 9.97. The van der Waals surface area contributed by atoms with E-state index in [-0.39, 0.29) is 5.82 Å². The van der Waals surface area contributed by atoms with Crippen LogP contribution in [0.3, 0.4) is 0 Å². The number of aliphatic hydroxyl groups excluding tert-OH is 1. The monoisotopic (exact) mass is 194 g/mol. The van der Waals surface area contributed by atoms with Crippen molar-refractivity contribution in [3.8, 4) is 0 Å². The van der Waals surface area contributed by atoms with Crippen molar-refractivity contribution < 1.29 is 14.2 Å². The van der Waals surface area contributed by atoms with Crippen molar-refractivity contribution in [3.05, 3.63) is 47.5 Å². The fourth-order valence-electron chi connectivity index (χ4n) is 1.47. The summed E-state index contributed by atoms with van der Waals surface area (Å²) in [5.74, 6) is 0.177. The van der Waals surface area contributed by atoms with Crippen molar-refractivity contribution in [2.75, 3.05) is 6.61 Å². The van der Waals surface area contributed by atoms with Gasteiger partial charge in [-0.25, -0.2) is 4.39 Å². The predicted molar refractivity (Wildman–Crippen MR) is 50.0 cm³/mol. The minimum absolute atomic E-state index is 0.347. The van der Waals surface area contributed by atoms with Crippen molar-refractivity contribution >= 4 is 0 Å². The molecule has 0 bridgehead atoms. The molecule has 2 nitrogen and oxygen atoms in total. The van der Waals surface area contributed by atoms with Gasteiger partial charge in [-0.15, -0.1) is 0 Å². The zero-order valence-corrected chi connectivity index (χ0v) is 7.61. The second-order valence-corrected chi connectivity index (χ2v) is 3.20. The van der Waals surface area contributed by atoms with E-state index in [1.165, 1.54) is 12.1 Å². The van der Waals surface area contributed by atoms with Crippen LogP contribution in [-0.4, -0.2) is 11.7 Å². The van der Waals surface area contributed by atoms with E-state index in [1.807, 2.05) is 6.08 Å². The number of hydrogen-bond donors (Lipinski definition) is 1. The quantitative estimate of drug-likeness (QED) is 0.781. The lowest BCUT2D eigenvalue weighted by Gasteiger charge is -2.12. The van der Waals surface area contributed by atoms with Gasteiger partial charge in [0, 0.05) is 6.42 Å². The first-order chi connectivity index (χ1) is 6.77. The zero-order valence-electron chi connectivity index (χ0n) is 7.61. The maximum Gasteiger partial charge on any atom is 0.136 e. The van der Waals surface area contributed by atoms with Gasteiger partial charge in [-0.05, 0) is 23.8 Å². The van der Waals surface area contributed by atoms with Gasteiger partial charge in [0.05, 0.1) is 6.61 Å². The maximum absolute atomic E-state index is 12.8. The normalized spacial score (nSPS) is 17.4. The summed E-state index contributed by atoms with van der Waals surface area (Å²) in [5.41, 5.74) is 0.526. The first-order valence-electron chi connectivity index (χ1n) is 4.54. The minimum Gasteiger partial charge on any atom is -0.495 e. The predicted octanol–water partition coefficient (Wildman–Crippen LogP) is 2.16. The Hall–Kier alpha value is -1.35. The molecule has 1 aromatic rings. The van der Waals surface area contributed by atoms with Gasteiger partial charge < -0.3 is 9.84 Å². The Bertz CT molecular complexity index is 360. The van der Waals surface area contributed by atoms with E-state index in [1.54, 1.807) is 12.1 Å². The lowest BCUT2D eigenvalue weighted by atomic mass is 10.1. The molecule has 2 rings (SSSR count). The standard InChI is InChI=1S/C11H11FO2/c12-9-4-1-3-8(7-9)11(13)10-5-2-6-14-10/h1,3-5,7,11,13H,2,6H2. The van der Waals surface area contributed by atoms with Crippen LogP contribution in [0, 0.1) is 5.82 Å². The summed E-state index contributed by atoms with van der Waals surface area (Å²) in [6.45, 7) is 0.599. The molecule has 0 aromatic heterocycles. The average Bonchev–Trinajstić information content (AvgIpc) is 2.69. The summed E-state index contributed by atoms with van der Waals surface area (Å²) >= 11 is 0. The highest BCUT2D eigenvalue weighted by molar-refractivity contribution is 5.25. The molecule has 0 spiro atoms. The van der Waals surface area contributed by atoms with E-state index in [0.717, 1.165) is 6.42 Å². The summed E-state index contributed by atoms with van der Waals surface area (Å²) in [4.78, 5) is 0. The molecule has 0 aliphatic carbocycles. The van der Waals surface area contributed by atoms with Crippen LogP contribution in [0.5, 0.6) is 0 Å². The molecule has 0 radical (unpaired) electrons. The summed E-state index contributed by atoms with van der Waals surface area (Å²) in [7, 11) is 0. The third kappa shape index (κ3) is 1.77. The van der Waals surface area contributed by atoms with Gasteiger partial charge in [-0.2, -0.15) is 0 Å². The lowest BCUT2D eigenvalue weighted by molar-refractivity contribution is 0.118. The molecule has 1 heterocycles. The molecule has 0 fully saturated rings. The molecule has 1 N–H and O–H groups in total. The van der Waals surface area contributed by atoms with Gasteiger partial charge >= 0.3 is 0 Å². The van der Waals surface area contributed by atoms with Crippen LogP contribution in [0.1, 0.15) is 18.1 Å². The second-order valence-electron chi connectivity index (χ2n) is 3.20. The first kappa shape index (κ1) is 9.21. The maximum atomic E-state index is 12.8. The van der Waals surface area contributed by atoms with Crippen LogP contribution in [0.15, 0.2) is 36.1 Å². The van der Waals surface area contributed by atoms with Gasteiger partial charge in [0.25, 0.3) is 0 Å². The van der Waals surface area contributed by atoms with Crippen LogP contribution in [0.25, 0.3) is 0 Å². The van der Waals surface area contributed by atoms with Crippen molar-refractivity contribution in [1.29, 1.82) is 0 Å². The van der Waals surface area contributed by atoms with Crippen LogP contribution in [-0.2, 0) is 4.74 Å². The molecule has 0 saturated heterocycles. The lowest BCUT2D eigenvalue weighted by Crippen LogP contribution is -2.02. The Balaban J connectivity index is 2.22. The number of halogens is 1. The summed E-state index contributed by atoms with van der Waals surface area (Å²) < 4.78 is 18.0. The van der Waals surface area contributed by atoms with Crippen molar-refractivity contribution in [2.24, 2.45) is 0 Å². The van der Waals surface area contributed by atoms with Crippen molar-refractivity contribution in [2.45, 2.75) is 12.5 Å². The Kier molecular flexibility index (Phi) is 2.50. The van der Waals surface area contributed by atoms with E-state index in [4.69, 9.17) is 4.74 Å². The smallest absolute Gasteiger partial charge is 0.136 e. The number of hydrogen-bond acceptors (Lipinski definition) is 2. The van der Waals surface area contributed by atoms with Gasteiger partial charge in [0.1, 0.15) is 17.7 Å². The summed E-state index contributed by atoms with van der Waals surface area (Å²) in [5, 5.41) is 9.78.